The molecule has 0 bridgehead atoms. The number of carbonyl (C=O) groups excluding carboxylic acids is 1. The zero-order chi connectivity index (χ0) is 26.5. The number of methoxy groups -OCH3 is 2. The van der Waals surface area contributed by atoms with Gasteiger partial charge in [-0.2, -0.15) is 13.2 Å². The first-order chi connectivity index (χ1) is 17.0. The smallest absolute Gasteiger partial charge is 0.416 e. The minimum absolute atomic E-state index is 0.103. The van der Waals surface area contributed by atoms with Crippen LogP contribution in [-0.2, 0) is 27.5 Å². The molecule has 0 aliphatic carbocycles. The Hall–Kier alpha value is -3.73. The third kappa shape index (κ3) is 6.28. The zero-order valence-electron chi connectivity index (χ0n) is 19.8. The first-order valence-corrected chi connectivity index (χ1v) is 12.1. The standard InChI is InChI=1S/C25H25F3N2O5S/c1-17-6-4-7-18(12-17)15-29-24(31)16-30(20-9-5-8-19(13-20)25(26,27)28)36(32,33)21-10-11-22(34-2)23(14-21)35-3/h4-14H,15-16H2,1-3H3,(H,29,31). The van der Waals surface area contributed by atoms with Crippen LogP contribution in [0.1, 0.15) is 16.7 Å². The molecule has 1 amide bonds. The first-order valence-electron chi connectivity index (χ1n) is 10.7. The van der Waals surface area contributed by atoms with E-state index in [1.54, 1.807) is 6.07 Å². The number of nitrogens with one attached hydrogen (secondary N) is 1. The number of halogens is 3. The van der Waals surface area contributed by atoms with E-state index < -0.39 is 34.2 Å². The highest BCUT2D eigenvalue weighted by atomic mass is 32.2. The summed E-state index contributed by atoms with van der Waals surface area (Å²) in [5, 5.41) is 2.62. The lowest BCUT2D eigenvalue weighted by Crippen LogP contribution is -2.40. The van der Waals surface area contributed by atoms with Crippen molar-refractivity contribution in [1.82, 2.24) is 5.32 Å². The van der Waals surface area contributed by atoms with E-state index in [-0.39, 0.29) is 28.6 Å². The van der Waals surface area contributed by atoms with E-state index in [4.69, 9.17) is 9.47 Å². The second kappa shape index (κ2) is 10.9. The summed E-state index contributed by atoms with van der Waals surface area (Å²) in [6, 6.07) is 14.9. The highest BCUT2D eigenvalue weighted by Crippen LogP contribution is 2.35. The fourth-order valence-electron chi connectivity index (χ4n) is 3.47. The topological polar surface area (TPSA) is 84.9 Å². The van der Waals surface area contributed by atoms with Crippen LogP contribution in [0, 0.1) is 6.92 Å². The number of rotatable bonds is 9. The maximum atomic E-state index is 13.6. The summed E-state index contributed by atoms with van der Waals surface area (Å²) in [6.45, 7) is 1.26. The number of hydrogen-bond donors (Lipinski definition) is 1. The highest BCUT2D eigenvalue weighted by molar-refractivity contribution is 7.92. The molecule has 0 unspecified atom stereocenters. The van der Waals surface area contributed by atoms with Crippen molar-refractivity contribution in [2.24, 2.45) is 0 Å². The quantitative estimate of drug-likeness (QED) is 0.446. The molecule has 0 aliphatic rings. The van der Waals surface area contributed by atoms with E-state index in [0.717, 1.165) is 23.3 Å². The summed E-state index contributed by atoms with van der Waals surface area (Å²) in [6.07, 6.45) is -4.71. The summed E-state index contributed by atoms with van der Waals surface area (Å²) < 4.78 is 78.2. The van der Waals surface area contributed by atoms with Crippen LogP contribution >= 0.6 is 0 Å². The normalized spacial score (nSPS) is 11.6. The Morgan fingerprint density at radius 1 is 0.944 bits per heavy atom. The van der Waals surface area contributed by atoms with Gasteiger partial charge in [0.1, 0.15) is 6.54 Å². The molecular formula is C25H25F3N2O5S. The molecule has 11 heteroatoms. The average molecular weight is 523 g/mol. The molecule has 7 nitrogen and oxygen atoms in total. The monoisotopic (exact) mass is 522 g/mol. The Morgan fingerprint density at radius 3 is 2.28 bits per heavy atom. The van der Waals surface area contributed by atoms with Gasteiger partial charge >= 0.3 is 6.18 Å². The van der Waals surface area contributed by atoms with Crippen LogP contribution in [0.2, 0.25) is 0 Å². The van der Waals surface area contributed by atoms with E-state index in [0.29, 0.717) is 10.4 Å². The predicted molar refractivity (Wildman–Crippen MR) is 129 cm³/mol. The molecule has 3 aromatic carbocycles. The van der Waals surface area contributed by atoms with Crippen molar-refractivity contribution in [2.75, 3.05) is 25.1 Å². The van der Waals surface area contributed by atoms with Crippen LogP contribution in [0.3, 0.4) is 0 Å². The van der Waals surface area contributed by atoms with Crippen molar-refractivity contribution in [3.63, 3.8) is 0 Å². The third-order valence-corrected chi connectivity index (χ3v) is 7.03. The molecule has 0 fully saturated rings. The molecule has 1 N–H and O–H groups in total. The molecule has 3 rings (SSSR count). The number of alkyl halides is 3. The summed E-state index contributed by atoms with van der Waals surface area (Å²) in [4.78, 5) is 12.5. The van der Waals surface area contributed by atoms with Crippen LogP contribution in [0.15, 0.2) is 71.6 Å². The number of benzene rings is 3. The average Bonchev–Trinajstić information content (AvgIpc) is 2.85. The molecule has 0 radical (unpaired) electrons. The van der Waals surface area contributed by atoms with Gasteiger partial charge in [-0.3, -0.25) is 9.10 Å². The number of ether oxygens (including phenoxy) is 2. The van der Waals surface area contributed by atoms with Crippen LogP contribution < -0.4 is 19.1 Å². The molecule has 0 heterocycles. The molecule has 0 atom stereocenters. The summed E-state index contributed by atoms with van der Waals surface area (Å²) >= 11 is 0. The molecule has 36 heavy (non-hydrogen) atoms. The lowest BCUT2D eigenvalue weighted by molar-refractivity contribution is -0.137. The molecule has 0 aromatic heterocycles. The lowest BCUT2D eigenvalue weighted by Gasteiger charge is -2.25. The molecule has 3 aromatic rings. The summed E-state index contributed by atoms with van der Waals surface area (Å²) in [5.41, 5.74) is 0.401. The van der Waals surface area contributed by atoms with Gasteiger partial charge in [-0.25, -0.2) is 8.42 Å². The molecule has 0 saturated carbocycles. The van der Waals surface area contributed by atoms with Crippen LogP contribution in [0.5, 0.6) is 11.5 Å². The molecule has 0 spiro atoms. The van der Waals surface area contributed by atoms with Gasteiger partial charge in [0.2, 0.25) is 5.91 Å². The van der Waals surface area contributed by atoms with Gasteiger partial charge < -0.3 is 14.8 Å². The van der Waals surface area contributed by atoms with Gasteiger partial charge in [0.15, 0.2) is 11.5 Å². The van der Waals surface area contributed by atoms with Gasteiger partial charge in [-0.05, 0) is 42.8 Å². The Labute approximate surface area is 207 Å². The van der Waals surface area contributed by atoms with Crippen molar-refractivity contribution in [3.8, 4) is 11.5 Å². The van der Waals surface area contributed by atoms with E-state index in [2.05, 4.69) is 5.32 Å². The van der Waals surface area contributed by atoms with Gasteiger partial charge in [0.25, 0.3) is 10.0 Å². The summed E-state index contributed by atoms with van der Waals surface area (Å²) in [7, 11) is -1.80. The van der Waals surface area contributed by atoms with Crippen LogP contribution in [0.25, 0.3) is 0 Å². The maximum absolute atomic E-state index is 13.6. The van der Waals surface area contributed by atoms with Crippen molar-refractivity contribution in [1.29, 1.82) is 0 Å². The molecule has 0 aliphatic heterocycles. The summed E-state index contributed by atoms with van der Waals surface area (Å²) in [5.74, 6) is -0.331. The highest BCUT2D eigenvalue weighted by Gasteiger charge is 2.33. The number of hydrogen-bond acceptors (Lipinski definition) is 5. The minimum Gasteiger partial charge on any atom is -0.493 e. The second-order valence-corrected chi connectivity index (χ2v) is 9.70. The third-order valence-electron chi connectivity index (χ3n) is 5.26. The number of aryl methyl sites for hydroxylation is 1. The second-order valence-electron chi connectivity index (χ2n) is 7.84. The Morgan fingerprint density at radius 2 is 1.64 bits per heavy atom. The van der Waals surface area contributed by atoms with Crippen molar-refractivity contribution in [2.45, 2.75) is 24.5 Å². The van der Waals surface area contributed by atoms with Gasteiger partial charge in [0, 0.05) is 12.6 Å². The molecular weight excluding hydrogens is 497 g/mol. The molecule has 0 saturated heterocycles. The number of nitrogens with zero attached hydrogens (tertiary/aromatic N) is 1. The van der Waals surface area contributed by atoms with Crippen molar-refractivity contribution < 1.29 is 35.9 Å². The van der Waals surface area contributed by atoms with E-state index >= 15 is 0 Å². The fraction of sp³-hybridized carbons (Fsp3) is 0.240. The van der Waals surface area contributed by atoms with E-state index in [1.165, 1.54) is 38.5 Å². The Bertz CT molecular complexity index is 1340. The maximum Gasteiger partial charge on any atom is 0.416 e. The number of amides is 1. The number of sulfonamides is 1. The van der Waals surface area contributed by atoms with Gasteiger partial charge in [-0.1, -0.05) is 35.9 Å². The van der Waals surface area contributed by atoms with Crippen LogP contribution in [0.4, 0.5) is 18.9 Å². The SMILES string of the molecule is COc1ccc(S(=O)(=O)N(CC(=O)NCc2cccc(C)c2)c2cccc(C(F)(F)F)c2)cc1OC. The largest absolute Gasteiger partial charge is 0.493 e. The first kappa shape index (κ1) is 26.9. The number of anilines is 1. The van der Waals surface area contributed by atoms with E-state index in [9.17, 15) is 26.4 Å². The van der Waals surface area contributed by atoms with Crippen LogP contribution in [-0.4, -0.2) is 35.1 Å². The lowest BCUT2D eigenvalue weighted by atomic mass is 10.1. The molecule has 192 valence electrons. The minimum atomic E-state index is -4.71. The van der Waals surface area contributed by atoms with E-state index in [1.807, 2.05) is 25.1 Å². The van der Waals surface area contributed by atoms with Gasteiger partial charge in [0.05, 0.1) is 30.4 Å². The number of carbonyl (C=O) groups is 1. The fourth-order valence-corrected chi connectivity index (χ4v) is 4.89. The van der Waals surface area contributed by atoms with Crippen molar-refractivity contribution in [3.05, 3.63) is 83.4 Å². The van der Waals surface area contributed by atoms with Gasteiger partial charge in [-0.15, -0.1) is 0 Å². The Kier molecular flexibility index (Phi) is 8.13. The zero-order valence-corrected chi connectivity index (χ0v) is 20.6. The van der Waals surface area contributed by atoms with Crippen molar-refractivity contribution >= 4 is 21.6 Å². The Balaban J connectivity index is 1.99. The predicted octanol–water partition coefficient (Wildman–Crippen LogP) is 4.54.